The number of Topliss-reactive ketones (excluding diaryl/α,β-unsaturated/α-hetero) is 2. The summed E-state index contributed by atoms with van der Waals surface area (Å²) in [4.78, 5) is 185. The molecular formula is C73H98N9O24P3S2. The number of rotatable bonds is 39. The highest BCUT2D eigenvalue weighted by Crippen LogP contribution is 2.66. The molecule has 0 radical (unpaired) electrons. The minimum absolute atomic E-state index is 0.00200. The van der Waals surface area contributed by atoms with Gasteiger partial charge in [-0.3, -0.25) is 57.2 Å². The number of nitrogens with zero attached hydrogens (tertiary/aromatic N) is 6. The third-order valence-electron chi connectivity index (χ3n) is 19.9. The van der Waals surface area contributed by atoms with E-state index in [9.17, 15) is 86.7 Å². The van der Waals surface area contributed by atoms with Crippen molar-refractivity contribution >= 4 is 110 Å². The molecule has 111 heavy (non-hydrogen) atoms. The Balaban J connectivity index is 0.842. The largest absolute Gasteiger partial charge is 0.490 e. The fraction of sp³-hybridized carbons (Fsp3) is 0.562. The molecule has 3 fully saturated rings. The molecule has 5 aliphatic rings. The van der Waals surface area contributed by atoms with E-state index >= 15 is 0 Å². The number of carbonyl (C=O) groups excluding carboxylic acids is 7. The van der Waals surface area contributed by atoms with Gasteiger partial charge in [-0.2, -0.15) is 13.6 Å². The van der Waals surface area contributed by atoms with Gasteiger partial charge in [-0.15, -0.1) is 0 Å². The van der Waals surface area contributed by atoms with E-state index < -0.39 is 133 Å². The lowest BCUT2D eigenvalue weighted by atomic mass is 9.65. The van der Waals surface area contributed by atoms with Gasteiger partial charge in [-0.25, -0.2) is 18.5 Å². The SMILES string of the molecule is CCCc1cc2c(cc1C)C(c1ccccc1C(=O)N(C)CCCC(=O)N1CCCC1C(=O)N1CCCC1C(=O)NC(CCCSSCCC(=O)CCC#Cc1cn([C@H]3CC(O)[C@@H](COP(=O)(O)OP(=O)(O)OP(=O)(O)O)O3)c(=O)nc1N)C(=O)NC(CC(=O)O)C(=O)CC(CC)C(=O)O)C1C=C(C)C(=NCC)C=C1C2. The van der Waals surface area contributed by atoms with Crippen LogP contribution < -0.4 is 22.1 Å². The van der Waals surface area contributed by atoms with Gasteiger partial charge in [0.1, 0.15) is 42.1 Å². The molecule has 0 saturated carbocycles. The number of aromatic nitrogens is 2. The number of likely N-dealkylation sites (tertiary alicyclic amines) is 2. The van der Waals surface area contributed by atoms with Crippen LogP contribution in [-0.4, -0.2) is 206 Å². The van der Waals surface area contributed by atoms with Crippen LogP contribution in [0.4, 0.5) is 5.82 Å². The van der Waals surface area contributed by atoms with Crippen LogP contribution in [0.15, 0.2) is 75.7 Å². The number of carboxylic acids is 2. The lowest BCUT2D eigenvalue weighted by molar-refractivity contribution is -0.147. The summed E-state index contributed by atoms with van der Waals surface area (Å²) in [5.74, 6) is -1.64. The summed E-state index contributed by atoms with van der Waals surface area (Å²) in [6, 6.07) is 7.41. The van der Waals surface area contributed by atoms with Crippen molar-refractivity contribution in [3.05, 3.63) is 115 Å². The molecule has 10 unspecified atom stereocenters. The third kappa shape index (κ3) is 24.8. The zero-order valence-corrected chi connectivity index (χ0v) is 67.0. The fourth-order valence-corrected chi connectivity index (χ4v) is 19.5. The van der Waals surface area contributed by atoms with Crippen LogP contribution >= 0.6 is 45.1 Å². The zero-order valence-electron chi connectivity index (χ0n) is 62.6. The van der Waals surface area contributed by atoms with Gasteiger partial charge in [0, 0.05) is 107 Å². The van der Waals surface area contributed by atoms with E-state index in [4.69, 9.17) is 25.2 Å². The molecule has 33 nitrogen and oxygen atoms in total. The van der Waals surface area contributed by atoms with E-state index in [0.717, 1.165) is 46.9 Å². The Morgan fingerprint density at radius 1 is 0.865 bits per heavy atom. The molecule has 38 heteroatoms. The predicted molar refractivity (Wildman–Crippen MR) is 410 cm³/mol. The number of aliphatic hydroxyl groups is 1. The fourth-order valence-electron chi connectivity index (χ4n) is 14.4. The summed E-state index contributed by atoms with van der Waals surface area (Å²) in [5.41, 5.74) is 14.8. The van der Waals surface area contributed by atoms with Crippen LogP contribution in [0.1, 0.15) is 186 Å². The van der Waals surface area contributed by atoms with Crippen molar-refractivity contribution in [2.75, 3.05) is 57.1 Å². The number of aliphatic carboxylic acids is 2. The minimum Gasteiger partial charge on any atom is -0.481 e. The number of allylic oxidation sites excluding steroid dienone is 4. The second-order valence-electron chi connectivity index (χ2n) is 27.9. The molecule has 5 amide bonds. The monoisotopic (exact) mass is 1640 g/mol. The predicted octanol–water partition coefficient (Wildman–Crippen LogP) is 7.03. The number of carbonyl (C=O) groups is 9. The van der Waals surface area contributed by atoms with Gasteiger partial charge < -0.3 is 70.7 Å². The maximum absolute atomic E-state index is 14.7. The molecule has 1 aromatic heterocycles. The second-order valence-corrected chi connectivity index (χ2v) is 35.1. The van der Waals surface area contributed by atoms with Crippen molar-refractivity contribution in [3.8, 4) is 11.8 Å². The molecule has 0 bridgehead atoms. The molecule has 2 aliphatic carbocycles. The lowest BCUT2D eigenvalue weighted by Crippen LogP contribution is -2.57. The maximum Gasteiger partial charge on any atom is 0.490 e. The Kier molecular flexibility index (Phi) is 32.5. The first-order chi connectivity index (χ1) is 52.5. The number of nitrogens with one attached hydrogen (secondary N) is 2. The van der Waals surface area contributed by atoms with Crippen LogP contribution in [0.5, 0.6) is 0 Å². The van der Waals surface area contributed by atoms with E-state index in [1.54, 1.807) is 18.9 Å². The first kappa shape index (κ1) is 89.0. The second kappa shape index (κ2) is 40.5. The number of ketones is 2. The minimum atomic E-state index is -5.83. The molecule has 4 heterocycles. The van der Waals surface area contributed by atoms with Gasteiger partial charge in [0.2, 0.25) is 23.6 Å². The van der Waals surface area contributed by atoms with Gasteiger partial charge in [0.15, 0.2) is 5.78 Å². The number of nitrogen functional groups attached to an aromatic ring is 1. The third-order valence-corrected chi connectivity index (χ3v) is 26.2. The quantitative estimate of drug-likeness (QED) is 0.0118. The smallest absolute Gasteiger partial charge is 0.481 e. The highest BCUT2D eigenvalue weighted by molar-refractivity contribution is 8.76. The molecule has 3 aliphatic heterocycles. The lowest BCUT2D eigenvalue weighted by Gasteiger charge is -2.38. The molecule has 12 atom stereocenters. The van der Waals surface area contributed by atoms with Crippen molar-refractivity contribution < 1.29 is 110 Å². The van der Waals surface area contributed by atoms with E-state index in [0.29, 0.717) is 55.8 Å². The highest BCUT2D eigenvalue weighted by Gasteiger charge is 2.46. The summed E-state index contributed by atoms with van der Waals surface area (Å²) in [6.07, 6.45) is 4.68. The average molecular weight is 1640 g/mol. The van der Waals surface area contributed by atoms with Gasteiger partial charge in [-0.1, -0.05) is 95.7 Å². The normalized spacial score (nSPS) is 21.8. The molecule has 3 saturated heterocycles. The van der Waals surface area contributed by atoms with Crippen molar-refractivity contribution in [1.29, 1.82) is 0 Å². The first-order valence-corrected chi connectivity index (χ1v) is 43.9. The van der Waals surface area contributed by atoms with E-state index in [-0.39, 0.29) is 112 Å². The van der Waals surface area contributed by atoms with E-state index in [1.807, 2.05) is 31.2 Å². The highest BCUT2D eigenvalue weighted by atomic mass is 33.1. The number of hydrogen-bond acceptors (Lipinski definition) is 23. The van der Waals surface area contributed by atoms with Gasteiger partial charge in [0.05, 0.1) is 42.4 Å². The van der Waals surface area contributed by atoms with Crippen LogP contribution in [-0.2, 0) is 82.8 Å². The Bertz CT molecular complexity index is 4370. The number of carboxylic acid groups (broad SMARTS) is 2. The number of anilines is 1. The molecule has 11 N–H and O–H groups in total. The Labute approximate surface area is 650 Å². The van der Waals surface area contributed by atoms with Crippen molar-refractivity contribution in [1.82, 2.24) is 34.9 Å². The number of nitrogens with two attached hydrogens (primary N) is 1. The van der Waals surface area contributed by atoms with Crippen LogP contribution in [0.2, 0.25) is 0 Å². The number of amides is 5. The maximum atomic E-state index is 14.7. The van der Waals surface area contributed by atoms with Gasteiger partial charge >= 0.3 is 41.1 Å². The summed E-state index contributed by atoms with van der Waals surface area (Å²) >= 11 is 0. The number of fused-ring (bicyclic) bond motifs is 2. The first-order valence-electron chi connectivity index (χ1n) is 36.9. The molecule has 3 aromatic rings. The van der Waals surface area contributed by atoms with E-state index in [1.165, 1.54) is 59.2 Å². The number of ether oxygens (including phenoxy) is 1. The molecule has 8 rings (SSSR count). The van der Waals surface area contributed by atoms with Crippen LogP contribution in [0, 0.1) is 30.6 Å². The number of hydrogen-bond donors (Lipinski definition) is 10. The Morgan fingerprint density at radius 3 is 2.27 bits per heavy atom. The number of aryl methyl sites for hydroxylation is 2. The zero-order chi connectivity index (χ0) is 81.2. The van der Waals surface area contributed by atoms with Crippen LogP contribution in [0.3, 0.4) is 0 Å². The van der Waals surface area contributed by atoms with Crippen molar-refractivity contribution in [3.63, 3.8) is 0 Å². The Hall–Kier alpha value is -7.51. The topological polar surface area (TPSA) is 490 Å². The number of aliphatic imine (C=N–C) groups is 1. The standard InChI is InChI=1S/C73H98N9O24P3S2/c1-7-18-46-35-48-36-49-37-56(75-9-3)44(5)34-54(49)66(53(48)33-43(46)4)51-21-12-13-22-52(51)70(91)79(6)28-16-26-63(86)80-29-15-25-59(80)71(92)81-30-14-24-58(81)69(90)76-55(68(89)77-57(39-65(87)88)60(84)38-45(8-2)72(93)94)23-17-31-110-111-32-27-50(83)20-11-10-19-47-41-82(73(95)78-67(47)74)64-40-61(85)62(104-64)42-103-108(99,100)106-109(101,102)105-107(96,97)98/h12-13,21-22,33-35,37,41,45,54-55,57-59,61-62,64,66,85H,7-9,11,14-18,20,23-32,36,38-40,42H2,1-6H3,(H,76,90)(H,77,89)(H,87,88)(H,93,94)(H,99,100)(H,101,102)(H2,74,78,95)(H2,96,97,98)/t45?,54?,55?,57?,58?,59?,61?,62-,64-,66?/m1/s1. The van der Waals surface area contributed by atoms with Crippen molar-refractivity contribution in [2.24, 2.45) is 16.8 Å². The number of phosphoric ester groups is 1. The van der Waals surface area contributed by atoms with Gasteiger partial charge in [-0.05, 0) is 131 Å². The van der Waals surface area contributed by atoms with Crippen molar-refractivity contribution in [2.45, 2.75) is 199 Å². The molecule has 2 aromatic carbocycles. The average Bonchev–Trinajstić information content (AvgIpc) is 1.46. The Morgan fingerprint density at radius 2 is 1.58 bits per heavy atom. The summed E-state index contributed by atoms with van der Waals surface area (Å²) in [6.45, 7) is 10.4. The summed E-state index contributed by atoms with van der Waals surface area (Å²) in [5, 5.41) is 35.3. The summed E-state index contributed by atoms with van der Waals surface area (Å²) < 4.78 is 53.2. The number of aliphatic hydroxyl groups excluding tert-OH is 1. The number of benzene rings is 2. The summed E-state index contributed by atoms with van der Waals surface area (Å²) in [7, 11) is -12.6. The molecule has 606 valence electrons. The van der Waals surface area contributed by atoms with E-state index in [2.05, 4.69) is 85.7 Å². The molecular weight excluding hydrogens is 1540 g/mol. The van der Waals surface area contributed by atoms with Crippen LogP contribution in [0.25, 0.3) is 0 Å². The molecule has 0 spiro atoms. The number of phosphoric acid groups is 3. The van der Waals surface area contributed by atoms with Gasteiger partial charge in [0.25, 0.3) is 5.91 Å².